The van der Waals surface area contributed by atoms with Crippen LogP contribution in [0.4, 0.5) is 4.79 Å². The SMILES string of the molecule is CC1OC2(C(=O)O)CC1(NC(=O)OCc1ccccc1)C2. The number of ether oxygens (including phenoxy) is 2. The first-order valence-electron chi connectivity index (χ1n) is 6.86. The van der Waals surface area contributed by atoms with E-state index in [0.29, 0.717) is 0 Å². The Bertz CT molecular complexity index is 565. The number of carboxylic acids is 1. The fraction of sp³-hybridized carbons (Fsp3) is 0.467. The Morgan fingerprint density at radius 1 is 1.38 bits per heavy atom. The summed E-state index contributed by atoms with van der Waals surface area (Å²) in [5, 5.41) is 11.9. The molecule has 1 aromatic rings. The lowest BCUT2D eigenvalue weighted by molar-refractivity contribution is -0.164. The molecule has 1 unspecified atom stereocenters. The number of rotatable bonds is 4. The maximum absolute atomic E-state index is 11.9. The van der Waals surface area contributed by atoms with Gasteiger partial charge in [0.2, 0.25) is 0 Å². The normalized spacial score (nSPS) is 33.1. The second kappa shape index (κ2) is 4.73. The van der Waals surface area contributed by atoms with Crippen molar-refractivity contribution in [2.45, 2.75) is 43.6 Å². The quantitative estimate of drug-likeness (QED) is 0.881. The highest BCUT2D eigenvalue weighted by molar-refractivity contribution is 5.82. The lowest BCUT2D eigenvalue weighted by Gasteiger charge is -2.42. The molecule has 1 aromatic carbocycles. The first-order chi connectivity index (χ1) is 9.96. The smallest absolute Gasteiger partial charge is 0.407 e. The number of carbonyl (C=O) groups is 2. The van der Waals surface area contributed by atoms with Crippen molar-refractivity contribution in [1.82, 2.24) is 5.32 Å². The van der Waals surface area contributed by atoms with E-state index in [4.69, 9.17) is 14.6 Å². The molecule has 1 saturated carbocycles. The zero-order valence-corrected chi connectivity index (χ0v) is 11.7. The highest BCUT2D eigenvalue weighted by Gasteiger charge is 2.71. The second-order valence-electron chi connectivity index (χ2n) is 5.76. The summed E-state index contributed by atoms with van der Waals surface area (Å²) >= 11 is 0. The van der Waals surface area contributed by atoms with Crippen molar-refractivity contribution in [2.24, 2.45) is 0 Å². The van der Waals surface area contributed by atoms with E-state index >= 15 is 0 Å². The average Bonchev–Trinajstić information content (AvgIpc) is 2.85. The van der Waals surface area contributed by atoms with E-state index in [2.05, 4.69) is 5.32 Å². The van der Waals surface area contributed by atoms with Gasteiger partial charge < -0.3 is 19.9 Å². The summed E-state index contributed by atoms with van der Waals surface area (Å²) < 4.78 is 10.7. The number of fused-ring (bicyclic) bond motifs is 1. The van der Waals surface area contributed by atoms with E-state index in [9.17, 15) is 9.59 Å². The molecule has 21 heavy (non-hydrogen) atoms. The summed E-state index contributed by atoms with van der Waals surface area (Å²) in [6.07, 6.45) is -0.304. The predicted molar refractivity (Wildman–Crippen MR) is 72.6 cm³/mol. The molecule has 2 saturated heterocycles. The van der Waals surface area contributed by atoms with Crippen molar-refractivity contribution < 1.29 is 24.2 Å². The number of alkyl carbamates (subject to hydrolysis) is 1. The van der Waals surface area contributed by atoms with Gasteiger partial charge >= 0.3 is 12.1 Å². The monoisotopic (exact) mass is 291 g/mol. The van der Waals surface area contributed by atoms with Gasteiger partial charge in [-0.25, -0.2) is 9.59 Å². The highest BCUT2D eigenvalue weighted by atomic mass is 16.6. The molecule has 6 heteroatoms. The van der Waals surface area contributed by atoms with Gasteiger partial charge in [-0.1, -0.05) is 30.3 Å². The molecule has 2 heterocycles. The van der Waals surface area contributed by atoms with Gasteiger partial charge in [0.1, 0.15) is 6.61 Å². The summed E-state index contributed by atoms with van der Waals surface area (Å²) in [6, 6.07) is 9.36. The van der Waals surface area contributed by atoms with Gasteiger partial charge in [0, 0.05) is 12.8 Å². The van der Waals surface area contributed by atoms with Gasteiger partial charge in [-0.2, -0.15) is 0 Å². The summed E-state index contributed by atoms with van der Waals surface area (Å²) in [7, 11) is 0. The van der Waals surface area contributed by atoms with Crippen LogP contribution in [0.5, 0.6) is 0 Å². The van der Waals surface area contributed by atoms with Crippen LogP contribution < -0.4 is 5.32 Å². The number of carbonyl (C=O) groups excluding carboxylic acids is 1. The van der Waals surface area contributed by atoms with Crippen LogP contribution in [0.25, 0.3) is 0 Å². The molecule has 2 aliphatic heterocycles. The van der Waals surface area contributed by atoms with Crippen molar-refractivity contribution in [3.05, 3.63) is 35.9 Å². The molecular formula is C15H17NO5. The zero-order valence-electron chi connectivity index (χ0n) is 11.7. The van der Waals surface area contributed by atoms with Gasteiger partial charge in [-0.05, 0) is 12.5 Å². The van der Waals surface area contributed by atoms with E-state index in [1.54, 1.807) is 6.92 Å². The lowest BCUT2D eigenvalue weighted by atomic mass is 9.66. The second-order valence-corrected chi connectivity index (χ2v) is 5.76. The number of nitrogens with one attached hydrogen (secondary N) is 1. The van der Waals surface area contributed by atoms with Crippen LogP contribution >= 0.6 is 0 Å². The molecule has 3 fully saturated rings. The third-order valence-corrected chi connectivity index (χ3v) is 4.34. The van der Waals surface area contributed by atoms with Crippen LogP contribution in [0.15, 0.2) is 30.3 Å². The Morgan fingerprint density at radius 2 is 2.05 bits per heavy atom. The van der Waals surface area contributed by atoms with Crippen LogP contribution in [0.2, 0.25) is 0 Å². The van der Waals surface area contributed by atoms with E-state index in [1.807, 2.05) is 30.3 Å². The standard InChI is InChI=1S/C15H17NO5/c1-10-14(8-15(9-14,21-10)12(17)18)16-13(19)20-7-11-5-3-2-4-6-11/h2-6,10H,7-9H2,1H3,(H,16,19)(H,17,18). The number of benzene rings is 1. The summed E-state index contributed by atoms with van der Waals surface area (Å²) in [6.45, 7) is 1.96. The third kappa shape index (κ3) is 2.25. The van der Waals surface area contributed by atoms with E-state index in [-0.39, 0.29) is 25.6 Å². The summed E-state index contributed by atoms with van der Waals surface area (Å²) in [4.78, 5) is 23.1. The molecule has 0 spiro atoms. The lowest BCUT2D eigenvalue weighted by Crippen LogP contribution is -2.63. The van der Waals surface area contributed by atoms with E-state index in [0.717, 1.165) is 5.56 Å². The third-order valence-electron chi connectivity index (χ3n) is 4.34. The maximum atomic E-state index is 11.9. The van der Waals surface area contributed by atoms with Crippen LogP contribution in [0.1, 0.15) is 25.3 Å². The Hall–Kier alpha value is -2.08. The Kier molecular flexibility index (Phi) is 3.13. The molecule has 0 aromatic heterocycles. The summed E-state index contributed by atoms with van der Waals surface area (Å²) in [5.74, 6) is -0.970. The van der Waals surface area contributed by atoms with E-state index in [1.165, 1.54) is 0 Å². The van der Waals surface area contributed by atoms with Gasteiger partial charge in [0.15, 0.2) is 5.60 Å². The molecule has 2 N–H and O–H groups in total. The fourth-order valence-corrected chi connectivity index (χ4v) is 3.14. The topological polar surface area (TPSA) is 84.9 Å². The average molecular weight is 291 g/mol. The number of hydrogen-bond acceptors (Lipinski definition) is 4. The van der Waals surface area contributed by atoms with Crippen LogP contribution in [0.3, 0.4) is 0 Å². The van der Waals surface area contributed by atoms with Crippen LogP contribution in [-0.4, -0.2) is 34.4 Å². The van der Waals surface area contributed by atoms with Gasteiger partial charge in [-0.15, -0.1) is 0 Å². The van der Waals surface area contributed by atoms with Crippen molar-refractivity contribution in [3.8, 4) is 0 Å². The Balaban J connectivity index is 1.56. The molecule has 1 atom stereocenters. The first kappa shape index (κ1) is 13.9. The fourth-order valence-electron chi connectivity index (χ4n) is 3.14. The van der Waals surface area contributed by atoms with Crippen molar-refractivity contribution in [1.29, 1.82) is 0 Å². The molecule has 6 nitrogen and oxygen atoms in total. The maximum Gasteiger partial charge on any atom is 0.407 e. The van der Waals surface area contributed by atoms with Gasteiger partial charge in [0.05, 0.1) is 11.6 Å². The van der Waals surface area contributed by atoms with Crippen LogP contribution in [-0.2, 0) is 20.9 Å². The van der Waals surface area contributed by atoms with Crippen molar-refractivity contribution in [2.75, 3.05) is 0 Å². The molecule has 112 valence electrons. The number of amides is 1. The minimum absolute atomic E-state index is 0.183. The minimum atomic E-state index is -1.13. The van der Waals surface area contributed by atoms with Gasteiger partial charge in [-0.3, -0.25) is 0 Å². The number of hydrogen-bond donors (Lipinski definition) is 2. The predicted octanol–water partition coefficient (Wildman–Crippen LogP) is 1.69. The van der Waals surface area contributed by atoms with E-state index < -0.39 is 23.2 Å². The molecule has 2 bridgehead atoms. The Labute approximate surface area is 122 Å². The number of aliphatic carboxylic acids is 1. The molecule has 4 rings (SSSR count). The minimum Gasteiger partial charge on any atom is -0.479 e. The molecule has 0 radical (unpaired) electrons. The highest BCUT2D eigenvalue weighted by Crippen LogP contribution is 2.55. The van der Waals surface area contributed by atoms with Crippen molar-refractivity contribution in [3.63, 3.8) is 0 Å². The first-order valence-corrected chi connectivity index (χ1v) is 6.86. The molecule has 3 aliphatic rings. The Morgan fingerprint density at radius 3 is 2.62 bits per heavy atom. The zero-order chi connectivity index (χ0) is 15.1. The van der Waals surface area contributed by atoms with Gasteiger partial charge in [0.25, 0.3) is 0 Å². The van der Waals surface area contributed by atoms with Crippen LogP contribution in [0, 0.1) is 0 Å². The van der Waals surface area contributed by atoms with Crippen molar-refractivity contribution >= 4 is 12.1 Å². The molecule has 1 amide bonds. The molecular weight excluding hydrogens is 274 g/mol. The number of carboxylic acid groups (broad SMARTS) is 1. The largest absolute Gasteiger partial charge is 0.479 e. The summed E-state index contributed by atoms with van der Waals surface area (Å²) in [5.41, 5.74) is -0.854. The molecule has 1 aliphatic carbocycles.